The number of sulfonamides is 1. The zero-order valence-corrected chi connectivity index (χ0v) is 14.6. The zero-order valence-electron chi connectivity index (χ0n) is 13.8. The Morgan fingerprint density at radius 2 is 1.79 bits per heavy atom. The summed E-state index contributed by atoms with van der Waals surface area (Å²) in [6, 6.07) is 9.68. The van der Waals surface area contributed by atoms with Gasteiger partial charge in [0.05, 0.1) is 5.75 Å². The summed E-state index contributed by atoms with van der Waals surface area (Å²) >= 11 is 0. The first-order chi connectivity index (χ1) is 11.6. The molecule has 130 valence electrons. The van der Waals surface area contributed by atoms with Crippen LogP contribution in [0.3, 0.4) is 0 Å². The summed E-state index contributed by atoms with van der Waals surface area (Å²) in [5.74, 6) is 1.30. The normalized spacial score (nSPS) is 17.2. The fraction of sp³-hybridized carbons (Fsp3) is 0.500. The average Bonchev–Trinajstić information content (AvgIpc) is 3.10. The maximum atomic E-state index is 11.9. The maximum Gasteiger partial charge on any atom is 0.247 e. The number of piperazine rings is 1. The molecule has 0 saturated carbocycles. The second kappa shape index (κ2) is 7.42. The van der Waals surface area contributed by atoms with E-state index in [4.69, 9.17) is 4.42 Å². The molecule has 1 aromatic carbocycles. The van der Waals surface area contributed by atoms with E-state index in [-0.39, 0.29) is 5.75 Å². The molecular weight excluding hydrogens is 328 g/mol. The van der Waals surface area contributed by atoms with Crippen LogP contribution < -0.4 is 0 Å². The van der Waals surface area contributed by atoms with E-state index < -0.39 is 10.0 Å². The van der Waals surface area contributed by atoms with Crippen LogP contribution in [0.25, 0.3) is 11.5 Å². The molecule has 7 nitrogen and oxygen atoms in total. The van der Waals surface area contributed by atoms with Crippen LogP contribution in [0.15, 0.2) is 34.7 Å². The van der Waals surface area contributed by atoms with Gasteiger partial charge >= 0.3 is 0 Å². The molecule has 1 aliphatic rings. The lowest BCUT2D eigenvalue weighted by Crippen LogP contribution is -2.49. The van der Waals surface area contributed by atoms with Crippen molar-refractivity contribution in [2.45, 2.75) is 13.3 Å². The zero-order chi connectivity index (χ0) is 17.0. The van der Waals surface area contributed by atoms with Crippen molar-refractivity contribution in [1.29, 1.82) is 0 Å². The third-order valence-corrected chi connectivity index (χ3v) is 6.10. The molecule has 1 saturated heterocycles. The van der Waals surface area contributed by atoms with Gasteiger partial charge in [-0.3, -0.25) is 0 Å². The van der Waals surface area contributed by atoms with Crippen molar-refractivity contribution >= 4 is 10.0 Å². The lowest BCUT2D eigenvalue weighted by Gasteiger charge is -2.33. The van der Waals surface area contributed by atoms with Gasteiger partial charge in [-0.1, -0.05) is 18.2 Å². The van der Waals surface area contributed by atoms with Gasteiger partial charge in [0.15, 0.2) is 0 Å². The largest absolute Gasteiger partial charge is 0.421 e. The van der Waals surface area contributed by atoms with Crippen molar-refractivity contribution in [1.82, 2.24) is 19.4 Å². The molecule has 0 radical (unpaired) electrons. The first-order valence-corrected chi connectivity index (χ1v) is 9.77. The highest BCUT2D eigenvalue weighted by Crippen LogP contribution is 2.17. The Morgan fingerprint density at radius 3 is 2.46 bits per heavy atom. The van der Waals surface area contributed by atoms with E-state index in [1.165, 1.54) is 0 Å². The van der Waals surface area contributed by atoms with Crippen molar-refractivity contribution in [3.05, 3.63) is 36.2 Å². The van der Waals surface area contributed by atoms with E-state index in [0.717, 1.165) is 25.2 Å². The highest BCUT2D eigenvalue weighted by atomic mass is 32.2. The summed E-state index contributed by atoms with van der Waals surface area (Å²) < 4.78 is 31.0. The molecule has 24 heavy (non-hydrogen) atoms. The molecule has 1 aromatic heterocycles. The van der Waals surface area contributed by atoms with Crippen molar-refractivity contribution in [3.63, 3.8) is 0 Å². The highest BCUT2D eigenvalue weighted by Gasteiger charge is 2.25. The predicted molar refractivity (Wildman–Crippen MR) is 90.9 cm³/mol. The predicted octanol–water partition coefficient (Wildman–Crippen LogP) is 1.25. The smallest absolute Gasteiger partial charge is 0.247 e. The summed E-state index contributed by atoms with van der Waals surface area (Å²) in [5, 5.41) is 8.18. The van der Waals surface area contributed by atoms with Gasteiger partial charge in [-0.15, -0.1) is 10.2 Å². The monoisotopic (exact) mass is 350 g/mol. The van der Waals surface area contributed by atoms with Crippen molar-refractivity contribution in [2.24, 2.45) is 0 Å². The number of nitrogens with zero attached hydrogens (tertiary/aromatic N) is 4. The fourth-order valence-corrected chi connectivity index (χ4v) is 3.80. The lowest BCUT2D eigenvalue weighted by atomic mass is 10.2. The summed E-state index contributed by atoms with van der Waals surface area (Å²) in [6.07, 6.45) is 0.667. The molecule has 8 heteroatoms. The van der Waals surface area contributed by atoms with Crippen molar-refractivity contribution < 1.29 is 12.8 Å². The SMILES string of the molecule is CCS(=O)(=O)N1CCN(CCc2nnc(-c3ccccc3)o2)CC1. The van der Waals surface area contributed by atoms with Crippen LogP contribution in [0, 0.1) is 0 Å². The number of hydrogen-bond donors (Lipinski definition) is 0. The molecular formula is C16H22N4O3S. The lowest BCUT2D eigenvalue weighted by molar-refractivity contribution is 0.187. The quantitative estimate of drug-likeness (QED) is 0.780. The minimum Gasteiger partial charge on any atom is -0.421 e. The minimum absolute atomic E-state index is 0.164. The first kappa shape index (κ1) is 17.1. The van der Waals surface area contributed by atoms with Crippen LogP contribution in [-0.4, -0.2) is 66.3 Å². The molecule has 2 heterocycles. The molecule has 0 atom stereocenters. The fourth-order valence-electron chi connectivity index (χ4n) is 2.72. The van der Waals surface area contributed by atoms with Crippen LogP contribution in [0.5, 0.6) is 0 Å². The Labute approximate surface area is 142 Å². The van der Waals surface area contributed by atoms with Crippen LogP contribution in [-0.2, 0) is 16.4 Å². The summed E-state index contributed by atoms with van der Waals surface area (Å²) in [4.78, 5) is 2.23. The van der Waals surface area contributed by atoms with E-state index in [1.54, 1.807) is 11.2 Å². The summed E-state index contributed by atoms with van der Waals surface area (Å²) in [6.45, 7) is 5.04. The molecule has 0 amide bonds. The first-order valence-electron chi connectivity index (χ1n) is 8.16. The Morgan fingerprint density at radius 1 is 1.08 bits per heavy atom. The van der Waals surface area contributed by atoms with Gasteiger partial charge in [-0.25, -0.2) is 8.42 Å². The average molecular weight is 350 g/mol. The van der Waals surface area contributed by atoms with Gasteiger partial charge in [0.2, 0.25) is 21.8 Å². The topological polar surface area (TPSA) is 79.5 Å². The number of aromatic nitrogens is 2. The molecule has 3 rings (SSSR count). The molecule has 0 aliphatic carbocycles. The van der Waals surface area contributed by atoms with Crippen LogP contribution >= 0.6 is 0 Å². The Hall–Kier alpha value is -1.77. The van der Waals surface area contributed by atoms with Crippen LogP contribution in [0.1, 0.15) is 12.8 Å². The van der Waals surface area contributed by atoms with Gasteiger partial charge in [0, 0.05) is 44.7 Å². The van der Waals surface area contributed by atoms with E-state index in [1.807, 2.05) is 30.3 Å². The van der Waals surface area contributed by atoms with Crippen LogP contribution in [0.2, 0.25) is 0 Å². The number of benzene rings is 1. The summed E-state index contributed by atoms with van der Waals surface area (Å²) in [5.41, 5.74) is 0.912. The molecule has 1 fully saturated rings. The Bertz CT molecular complexity index is 753. The van der Waals surface area contributed by atoms with E-state index in [9.17, 15) is 8.42 Å². The second-order valence-corrected chi connectivity index (χ2v) is 8.02. The Kier molecular flexibility index (Phi) is 5.27. The molecule has 2 aromatic rings. The van der Waals surface area contributed by atoms with Gasteiger partial charge in [-0.05, 0) is 19.1 Å². The number of rotatable bonds is 6. The third kappa shape index (κ3) is 4.00. The molecule has 0 N–H and O–H groups in total. The Balaban J connectivity index is 1.50. The molecule has 0 unspecified atom stereocenters. The molecule has 0 bridgehead atoms. The van der Waals surface area contributed by atoms with Gasteiger partial charge in [0.25, 0.3) is 0 Å². The van der Waals surface area contributed by atoms with E-state index >= 15 is 0 Å². The van der Waals surface area contributed by atoms with Crippen molar-refractivity contribution in [3.8, 4) is 11.5 Å². The van der Waals surface area contributed by atoms with Crippen LogP contribution in [0.4, 0.5) is 0 Å². The third-order valence-electron chi connectivity index (χ3n) is 4.22. The molecule has 1 aliphatic heterocycles. The van der Waals surface area contributed by atoms with E-state index in [0.29, 0.717) is 31.3 Å². The van der Waals surface area contributed by atoms with E-state index in [2.05, 4.69) is 15.1 Å². The standard InChI is InChI=1S/C16H22N4O3S/c1-2-24(21,22)20-12-10-19(11-13-20)9-8-15-17-18-16(23-15)14-6-4-3-5-7-14/h3-7H,2,8-13H2,1H3. The van der Waals surface area contributed by atoms with Gasteiger partial charge in [0.1, 0.15) is 0 Å². The van der Waals surface area contributed by atoms with Gasteiger partial charge in [-0.2, -0.15) is 4.31 Å². The maximum absolute atomic E-state index is 11.9. The second-order valence-electron chi connectivity index (χ2n) is 5.76. The minimum atomic E-state index is -3.07. The van der Waals surface area contributed by atoms with Crippen molar-refractivity contribution in [2.75, 3.05) is 38.5 Å². The number of hydrogen-bond acceptors (Lipinski definition) is 6. The summed E-state index contributed by atoms with van der Waals surface area (Å²) in [7, 11) is -3.07. The molecule has 0 spiro atoms. The highest BCUT2D eigenvalue weighted by molar-refractivity contribution is 7.89. The van der Waals surface area contributed by atoms with Gasteiger partial charge < -0.3 is 9.32 Å².